The van der Waals surface area contributed by atoms with Crippen molar-refractivity contribution in [1.29, 1.82) is 0 Å². The van der Waals surface area contributed by atoms with E-state index in [1.807, 2.05) is 12.1 Å². The molecule has 0 spiro atoms. The molecule has 5 heteroatoms. The summed E-state index contributed by atoms with van der Waals surface area (Å²) in [6, 6.07) is 3.73. The first-order valence-electron chi connectivity index (χ1n) is 3.77. The van der Waals surface area contributed by atoms with Crippen molar-refractivity contribution in [2.24, 2.45) is 0 Å². The van der Waals surface area contributed by atoms with E-state index in [9.17, 15) is 0 Å². The molecule has 0 atom stereocenters. The Morgan fingerprint density at radius 1 is 1.38 bits per heavy atom. The SMILES string of the molecule is CNc1nc(Cl)nc2ncccc12. The fraction of sp³-hybridized carbons (Fsp3) is 0.125. The predicted octanol–water partition coefficient (Wildman–Crippen LogP) is 1.72. The molecular formula is C8H7ClN4. The fourth-order valence-electron chi connectivity index (χ4n) is 1.13. The number of hydrogen-bond acceptors (Lipinski definition) is 4. The lowest BCUT2D eigenvalue weighted by Gasteiger charge is -2.02. The normalized spacial score (nSPS) is 10.3. The molecular weight excluding hydrogens is 188 g/mol. The first-order valence-corrected chi connectivity index (χ1v) is 4.15. The largest absolute Gasteiger partial charge is 0.372 e. The van der Waals surface area contributed by atoms with E-state index >= 15 is 0 Å². The van der Waals surface area contributed by atoms with E-state index in [-0.39, 0.29) is 5.28 Å². The Morgan fingerprint density at radius 2 is 2.23 bits per heavy atom. The van der Waals surface area contributed by atoms with Crippen molar-refractivity contribution in [1.82, 2.24) is 15.0 Å². The third kappa shape index (κ3) is 1.40. The van der Waals surface area contributed by atoms with Crippen LogP contribution in [-0.4, -0.2) is 22.0 Å². The second kappa shape index (κ2) is 3.14. The monoisotopic (exact) mass is 194 g/mol. The number of nitrogens with one attached hydrogen (secondary N) is 1. The van der Waals surface area contributed by atoms with Crippen LogP contribution in [0.15, 0.2) is 18.3 Å². The zero-order valence-electron chi connectivity index (χ0n) is 6.95. The van der Waals surface area contributed by atoms with Crippen molar-refractivity contribution in [3.05, 3.63) is 23.6 Å². The van der Waals surface area contributed by atoms with E-state index in [1.54, 1.807) is 13.2 Å². The summed E-state index contributed by atoms with van der Waals surface area (Å²) in [5.41, 5.74) is 0.604. The van der Waals surface area contributed by atoms with Crippen molar-refractivity contribution in [3.8, 4) is 0 Å². The van der Waals surface area contributed by atoms with Crippen molar-refractivity contribution in [2.75, 3.05) is 12.4 Å². The van der Waals surface area contributed by atoms with E-state index in [4.69, 9.17) is 11.6 Å². The standard InChI is InChI=1S/C8H7ClN4/c1-10-6-5-3-2-4-11-7(5)13-8(9)12-6/h2-4H,1H3,(H,10,11,12,13). The zero-order valence-corrected chi connectivity index (χ0v) is 7.71. The molecule has 4 nitrogen and oxygen atoms in total. The number of fused-ring (bicyclic) bond motifs is 1. The number of pyridine rings is 1. The molecule has 0 aromatic carbocycles. The molecule has 2 heterocycles. The second-order valence-electron chi connectivity index (χ2n) is 2.47. The Morgan fingerprint density at radius 3 is 3.00 bits per heavy atom. The molecule has 13 heavy (non-hydrogen) atoms. The Hall–Kier alpha value is -1.42. The second-order valence-corrected chi connectivity index (χ2v) is 2.80. The van der Waals surface area contributed by atoms with Crippen molar-refractivity contribution in [2.45, 2.75) is 0 Å². The number of rotatable bonds is 1. The van der Waals surface area contributed by atoms with Crippen LogP contribution in [0, 0.1) is 0 Å². The van der Waals surface area contributed by atoms with Crippen molar-refractivity contribution >= 4 is 28.5 Å². The van der Waals surface area contributed by atoms with Crippen LogP contribution in [0.3, 0.4) is 0 Å². The van der Waals surface area contributed by atoms with Crippen LogP contribution in [0.5, 0.6) is 0 Å². The smallest absolute Gasteiger partial charge is 0.226 e. The maximum Gasteiger partial charge on any atom is 0.226 e. The molecule has 0 unspecified atom stereocenters. The van der Waals surface area contributed by atoms with Gasteiger partial charge in [-0.2, -0.15) is 4.98 Å². The topological polar surface area (TPSA) is 50.7 Å². The van der Waals surface area contributed by atoms with Gasteiger partial charge >= 0.3 is 0 Å². The molecule has 66 valence electrons. The summed E-state index contributed by atoms with van der Waals surface area (Å²) in [6.07, 6.45) is 1.67. The molecule has 0 saturated heterocycles. The summed E-state index contributed by atoms with van der Waals surface area (Å²) in [7, 11) is 1.78. The van der Waals surface area contributed by atoms with Crippen LogP contribution in [0.25, 0.3) is 11.0 Å². The van der Waals surface area contributed by atoms with Gasteiger partial charge in [-0.1, -0.05) is 0 Å². The van der Waals surface area contributed by atoms with Gasteiger partial charge in [0.05, 0.1) is 5.39 Å². The lowest BCUT2D eigenvalue weighted by Crippen LogP contribution is -1.96. The number of hydrogen-bond donors (Lipinski definition) is 1. The molecule has 0 radical (unpaired) electrons. The summed E-state index contributed by atoms with van der Waals surface area (Å²) in [4.78, 5) is 12.1. The average Bonchev–Trinajstić information content (AvgIpc) is 2.16. The van der Waals surface area contributed by atoms with Crippen LogP contribution >= 0.6 is 11.6 Å². The van der Waals surface area contributed by atoms with Gasteiger partial charge in [-0.15, -0.1) is 0 Å². The van der Waals surface area contributed by atoms with E-state index in [0.29, 0.717) is 11.5 Å². The molecule has 0 aliphatic carbocycles. The van der Waals surface area contributed by atoms with E-state index < -0.39 is 0 Å². The molecule has 0 amide bonds. The Bertz CT molecular complexity index is 443. The van der Waals surface area contributed by atoms with Crippen LogP contribution < -0.4 is 5.32 Å². The van der Waals surface area contributed by atoms with Gasteiger partial charge in [0, 0.05) is 13.2 Å². The highest BCUT2D eigenvalue weighted by molar-refractivity contribution is 6.28. The molecule has 0 fully saturated rings. The van der Waals surface area contributed by atoms with Gasteiger partial charge in [0.2, 0.25) is 5.28 Å². The molecule has 0 bridgehead atoms. The Kier molecular flexibility index (Phi) is 1.98. The Balaban J connectivity index is 2.81. The van der Waals surface area contributed by atoms with Gasteiger partial charge < -0.3 is 5.32 Å². The minimum Gasteiger partial charge on any atom is -0.372 e. The van der Waals surface area contributed by atoms with Gasteiger partial charge in [-0.05, 0) is 23.7 Å². The maximum atomic E-state index is 5.70. The van der Waals surface area contributed by atoms with Gasteiger partial charge in [0.25, 0.3) is 0 Å². The molecule has 2 aromatic rings. The maximum absolute atomic E-state index is 5.70. The van der Waals surface area contributed by atoms with Crippen LogP contribution in [0.1, 0.15) is 0 Å². The summed E-state index contributed by atoms with van der Waals surface area (Å²) < 4.78 is 0. The highest BCUT2D eigenvalue weighted by Crippen LogP contribution is 2.18. The van der Waals surface area contributed by atoms with Gasteiger partial charge in [-0.25, -0.2) is 9.97 Å². The minimum absolute atomic E-state index is 0.204. The lowest BCUT2D eigenvalue weighted by atomic mass is 10.3. The summed E-state index contributed by atoms with van der Waals surface area (Å²) in [5.74, 6) is 0.697. The third-order valence-electron chi connectivity index (χ3n) is 1.68. The van der Waals surface area contributed by atoms with Crippen LogP contribution in [-0.2, 0) is 0 Å². The molecule has 2 rings (SSSR count). The van der Waals surface area contributed by atoms with Crippen LogP contribution in [0.2, 0.25) is 5.28 Å². The fourth-order valence-corrected chi connectivity index (χ4v) is 1.29. The molecule has 1 N–H and O–H groups in total. The number of halogens is 1. The first kappa shape index (κ1) is 8.19. The van der Waals surface area contributed by atoms with E-state index in [1.165, 1.54) is 0 Å². The number of nitrogens with zero attached hydrogens (tertiary/aromatic N) is 3. The first-order chi connectivity index (χ1) is 6.31. The summed E-state index contributed by atoms with van der Waals surface area (Å²) in [6.45, 7) is 0. The van der Waals surface area contributed by atoms with E-state index in [2.05, 4.69) is 20.3 Å². The Labute approximate surface area is 80.0 Å². The van der Waals surface area contributed by atoms with Gasteiger partial charge in [0.15, 0.2) is 5.65 Å². The van der Waals surface area contributed by atoms with Crippen LogP contribution in [0.4, 0.5) is 5.82 Å². The molecule has 0 aliphatic rings. The van der Waals surface area contributed by atoms with Crippen molar-refractivity contribution in [3.63, 3.8) is 0 Å². The third-order valence-corrected chi connectivity index (χ3v) is 1.85. The zero-order chi connectivity index (χ0) is 9.26. The number of aromatic nitrogens is 3. The van der Waals surface area contributed by atoms with Crippen molar-refractivity contribution < 1.29 is 0 Å². The molecule has 0 aliphatic heterocycles. The summed E-state index contributed by atoms with van der Waals surface area (Å²) in [5, 5.41) is 4.01. The highest BCUT2D eigenvalue weighted by atomic mass is 35.5. The van der Waals surface area contributed by atoms with E-state index in [0.717, 1.165) is 5.39 Å². The predicted molar refractivity (Wildman–Crippen MR) is 51.9 cm³/mol. The molecule has 0 saturated carbocycles. The quantitative estimate of drug-likeness (QED) is 0.703. The van der Waals surface area contributed by atoms with Gasteiger partial charge in [-0.3, -0.25) is 0 Å². The van der Waals surface area contributed by atoms with Gasteiger partial charge in [0.1, 0.15) is 5.82 Å². The highest BCUT2D eigenvalue weighted by Gasteiger charge is 2.04. The lowest BCUT2D eigenvalue weighted by molar-refractivity contribution is 1.17. The number of anilines is 1. The minimum atomic E-state index is 0.204. The molecule has 2 aromatic heterocycles. The summed E-state index contributed by atoms with van der Waals surface area (Å²) >= 11 is 5.70. The average molecular weight is 195 g/mol.